The van der Waals surface area contributed by atoms with Crippen LogP contribution in [0.3, 0.4) is 0 Å². The van der Waals surface area contributed by atoms with E-state index >= 15 is 0 Å². The summed E-state index contributed by atoms with van der Waals surface area (Å²) in [6.45, 7) is 1.40. The molecule has 0 amide bonds. The summed E-state index contributed by atoms with van der Waals surface area (Å²) in [4.78, 5) is 15.9. The molecule has 4 nitrogen and oxygen atoms in total. The standard InChI is InChI=1S/C16H16FNO3/c1-2-15(17,21)16(14(19)20,12-7-4-3-5-8-12)13-9-6-10-18-11-13/h3-11,21H,2H2,1H3,(H,19,20). The molecule has 5 heteroatoms. The topological polar surface area (TPSA) is 70.4 Å². The number of carboxylic acid groups (broad SMARTS) is 1. The van der Waals surface area contributed by atoms with Crippen LogP contribution in [0.2, 0.25) is 0 Å². The van der Waals surface area contributed by atoms with E-state index in [4.69, 9.17) is 0 Å². The van der Waals surface area contributed by atoms with Crippen molar-refractivity contribution in [2.75, 3.05) is 0 Å². The van der Waals surface area contributed by atoms with Crippen molar-refractivity contribution in [1.29, 1.82) is 0 Å². The number of rotatable bonds is 5. The molecular formula is C16H16FNO3. The summed E-state index contributed by atoms with van der Waals surface area (Å²) < 4.78 is 14.9. The molecule has 1 heterocycles. The van der Waals surface area contributed by atoms with Crippen LogP contribution in [0.1, 0.15) is 24.5 Å². The maximum atomic E-state index is 14.9. The number of carbonyl (C=O) groups is 1. The van der Waals surface area contributed by atoms with Gasteiger partial charge in [-0.05, 0) is 17.2 Å². The number of nitrogens with zero attached hydrogens (tertiary/aromatic N) is 1. The molecule has 0 saturated carbocycles. The Bertz CT molecular complexity index is 574. The number of alkyl halides is 1. The van der Waals surface area contributed by atoms with Gasteiger partial charge >= 0.3 is 5.97 Å². The van der Waals surface area contributed by atoms with Crippen LogP contribution in [0.15, 0.2) is 54.9 Å². The lowest BCUT2D eigenvalue weighted by Gasteiger charge is -2.38. The number of aromatic nitrogens is 1. The Morgan fingerprint density at radius 1 is 1.19 bits per heavy atom. The van der Waals surface area contributed by atoms with Gasteiger partial charge in [-0.1, -0.05) is 43.3 Å². The molecule has 2 aromatic rings. The van der Waals surface area contributed by atoms with Gasteiger partial charge in [0.25, 0.3) is 0 Å². The molecule has 2 atom stereocenters. The molecule has 0 radical (unpaired) electrons. The predicted molar refractivity (Wildman–Crippen MR) is 75.4 cm³/mol. The third kappa shape index (κ3) is 2.29. The predicted octanol–water partition coefficient (Wildman–Crippen LogP) is 2.52. The second kappa shape index (κ2) is 5.61. The quantitative estimate of drug-likeness (QED) is 0.887. The third-order valence-corrected chi connectivity index (χ3v) is 3.67. The third-order valence-electron chi connectivity index (χ3n) is 3.67. The second-order valence-electron chi connectivity index (χ2n) is 4.78. The van der Waals surface area contributed by atoms with E-state index in [1.54, 1.807) is 18.2 Å². The second-order valence-corrected chi connectivity index (χ2v) is 4.78. The number of halogens is 1. The van der Waals surface area contributed by atoms with E-state index in [2.05, 4.69) is 4.98 Å². The number of hydrogen-bond donors (Lipinski definition) is 2. The van der Waals surface area contributed by atoms with Crippen molar-refractivity contribution in [3.05, 3.63) is 66.0 Å². The average Bonchev–Trinajstić information content (AvgIpc) is 2.49. The van der Waals surface area contributed by atoms with E-state index < -0.39 is 17.2 Å². The highest BCUT2D eigenvalue weighted by molar-refractivity contribution is 5.87. The monoisotopic (exact) mass is 289 g/mol. The Morgan fingerprint density at radius 2 is 1.81 bits per heavy atom. The van der Waals surface area contributed by atoms with Gasteiger partial charge in [0.2, 0.25) is 5.85 Å². The van der Waals surface area contributed by atoms with Gasteiger partial charge < -0.3 is 10.2 Å². The summed E-state index contributed by atoms with van der Waals surface area (Å²) in [5.74, 6) is -4.42. The van der Waals surface area contributed by atoms with Gasteiger partial charge in [0.15, 0.2) is 5.41 Å². The van der Waals surface area contributed by atoms with Crippen molar-refractivity contribution in [2.45, 2.75) is 24.6 Å². The zero-order chi connectivity index (χ0) is 15.5. The molecule has 1 aromatic heterocycles. The Labute approximate surface area is 121 Å². The first-order valence-corrected chi connectivity index (χ1v) is 6.57. The van der Waals surface area contributed by atoms with Gasteiger partial charge in [-0.25, -0.2) is 4.39 Å². The van der Waals surface area contributed by atoms with E-state index in [-0.39, 0.29) is 17.5 Å². The number of benzene rings is 1. The van der Waals surface area contributed by atoms with Gasteiger partial charge in [-0.15, -0.1) is 0 Å². The van der Waals surface area contributed by atoms with E-state index in [9.17, 15) is 19.4 Å². The highest BCUT2D eigenvalue weighted by Crippen LogP contribution is 2.44. The first-order chi connectivity index (χ1) is 9.96. The number of aliphatic carboxylic acids is 1. The molecular weight excluding hydrogens is 273 g/mol. The molecule has 110 valence electrons. The van der Waals surface area contributed by atoms with Crippen LogP contribution in [0, 0.1) is 0 Å². The van der Waals surface area contributed by atoms with Crippen molar-refractivity contribution in [1.82, 2.24) is 4.98 Å². The van der Waals surface area contributed by atoms with Crippen LogP contribution in [0.4, 0.5) is 4.39 Å². The van der Waals surface area contributed by atoms with Crippen LogP contribution in [-0.4, -0.2) is 27.0 Å². The van der Waals surface area contributed by atoms with Crippen molar-refractivity contribution in [2.24, 2.45) is 0 Å². The average molecular weight is 289 g/mol. The van der Waals surface area contributed by atoms with Crippen LogP contribution in [-0.2, 0) is 10.2 Å². The number of pyridine rings is 1. The van der Waals surface area contributed by atoms with Crippen molar-refractivity contribution in [3.63, 3.8) is 0 Å². The molecule has 1 aromatic carbocycles. The smallest absolute Gasteiger partial charge is 0.324 e. The summed E-state index contributed by atoms with van der Waals surface area (Å²) in [5, 5.41) is 20.0. The van der Waals surface area contributed by atoms with Crippen LogP contribution >= 0.6 is 0 Å². The fourth-order valence-electron chi connectivity index (χ4n) is 2.56. The summed E-state index contributed by atoms with van der Waals surface area (Å²) >= 11 is 0. The summed E-state index contributed by atoms with van der Waals surface area (Å²) in [5.41, 5.74) is -1.97. The molecule has 0 spiro atoms. The Morgan fingerprint density at radius 3 is 2.29 bits per heavy atom. The van der Waals surface area contributed by atoms with E-state index in [0.717, 1.165) is 0 Å². The zero-order valence-corrected chi connectivity index (χ0v) is 11.5. The van der Waals surface area contributed by atoms with E-state index in [0.29, 0.717) is 0 Å². The molecule has 2 unspecified atom stereocenters. The summed E-state index contributed by atoms with van der Waals surface area (Å²) in [6.07, 6.45) is 2.36. The van der Waals surface area contributed by atoms with Crippen molar-refractivity contribution < 1.29 is 19.4 Å². The van der Waals surface area contributed by atoms with Gasteiger partial charge in [0, 0.05) is 18.8 Å². The lowest BCUT2D eigenvalue weighted by atomic mass is 9.68. The highest BCUT2D eigenvalue weighted by Gasteiger charge is 2.59. The fraction of sp³-hybridized carbons (Fsp3) is 0.250. The first-order valence-electron chi connectivity index (χ1n) is 6.57. The molecule has 0 fully saturated rings. The Kier molecular flexibility index (Phi) is 4.04. The first kappa shape index (κ1) is 15.1. The van der Waals surface area contributed by atoms with Crippen LogP contribution < -0.4 is 0 Å². The van der Waals surface area contributed by atoms with Gasteiger partial charge in [-0.3, -0.25) is 9.78 Å². The van der Waals surface area contributed by atoms with Gasteiger partial charge in [0.05, 0.1) is 0 Å². The minimum atomic E-state index is -2.96. The normalized spacial score (nSPS) is 16.7. The molecule has 0 aliphatic rings. The lowest BCUT2D eigenvalue weighted by molar-refractivity contribution is -0.177. The molecule has 21 heavy (non-hydrogen) atoms. The number of carboxylic acids is 1. The van der Waals surface area contributed by atoms with Gasteiger partial charge in [-0.2, -0.15) is 0 Å². The highest BCUT2D eigenvalue weighted by atomic mass is 19.2. The fourth-order valence-corrected chi connectivity index (χ4v) is 2.56. The minimum absolute atomic E-state index is 0.0931. The molecule has 0 saturated heterocycles. The van der Waals surface area contributed by atoms with Crippen LogP contribution in [0.25, 0.3) is 0 Å². The molecule has 0 bridgehead atoms. The maximum absolute atomic E-state index is 14.9. The summed E-state index contributed by atoms with van der Waals surface area (Å²) in [6, 6.07) is 10.9. The summed E-state index contributed by atoms with van der Waals surface area (Å²) in [7, 11) is 0. The van der Waals surface area contributed by atoms with Crippen LogP contribution in [0.5, 0.6) is 0 Å². The van der Waals surface area contributed by atoms with E-state index in [1.807, 2.05) is 0 Å². The molecule has 2 rings (SSSR count). The molecule has 0 aliphatic heterocycles. The molecule has 0 aliphatic carbocycles. The van der Waals surface area contributed by atoms with Crippen molar-refractivity contribution in [3.8, 4) is 0 Å². The van der Waals surface area contributed by atoms with E-state index in [1.165, 1.54) is 43.6 Å². The largest absolute Gasteiger partial charge is 0.480 e. The van der Waals surface area contributed by atoms with Crippen molar-refractivity contribution >= 4 is 5.97 Å². The maximum Gasteiger partial charge on any atom is 0.324 e. The Balaban J connectivity index is 2.83. The zero-order valence-electron chi connectivity index (χ0n) is 11.5. The number of aliphatic hydroxyl groups is 1. The Hall–Kier alpha value is -2.27. The minimum Gasteiger partial charge on any atom is -0.480 e. The SMILES string of the molecule is CCC(O)(F)C(C(=O)O)(c1ccccc1)c1cccnc1. The van der Waals surface area contributed by atoms with Gasteiger partial charge in [0.1, 0.15) is 0 Å². The lowest BCUT2D eigenvalue weighted by Crippen LogP contribution is -2.54. The number of hydrogen-bond acceptors (Lipinski definition) is 3. The molecule has 2 N–H and O–H groups in total.